The van der Waals surface area contributed by atoms with Crippen LogP contribution in [0.25, 0.3) is 21.7 Å². The minimum Gasteiger partial charge on any atom is -0.368 e. The van der Waals surface area contributed by atoms with Crippen LogP contribution in [0, 0.1) is 0 Å². The highest BCUT2D eigenvalue weighted by Gasteiger charge is 2.44. The molecule has 3 aromatic heterocycles. The SMILES string of the molecule is CN(C)C1(CNc2nc(-c3ccccn3)nc3sccc23)CC1. The summed E-state index contributed by atoms with van der Waals surface area (Å²) in [6.07, 6.45) is 4.24. The van der Waals surface area contributed by atoms with E-state index in [1.54, 1.807) is 17.5 Å². The molecule has 118 valence electrons. The molecule has 0 spiro atoms. The lowest BCUT2D eigenvalue weighted by molar-refractivity contribution is 0.284. The maximum Gasteiger partial charge on any atom is 0.181 e. The number of nitrogens with one attached hydrogen (secondary N) is 1. The second-order valence-electron chi connectivity index (χ2n) is 6.22. The van der Waals surface area contributed by atoms with Crippen molar-refractivity contribution in [2.75, 3.05) is 26.0 Å². The molecule has 0 aromatic carbocycles. The molecule has 1 aliphatic carbocycles. The van der Waals surface area contributed by atoms with Crippen LogP contribution in [0.3, 0.4) is 0 Å². The van der Waals surface area contributed by atoms with E-state index < -0.39 is 0 Å². The van der Waals surface area contributed by atoms with E-state index in [1.165, 1.54) is 12.8 Å². The van der Waals surface area contributed by atoms with Gasteiger partial charge in [-0.1, -0.05) is 6.07 Å². The standard InChI is InChI=1S/C17H19N5S/c1-22(2)17(7-8-17)11-19-14-12-6-10-23-16(12)21-15(20-14)13-5-3-4-9-18-13/h3-6,9-10H,7-8,11H2,1-2H3,(H,19,20,21). The minimum atomic E-state index is 0.276. The largest absolute Gasteiger partial charge is 0.368 e. The van der Waals surface area contributed by atoms with Crippen LogP contribution < -0.4 is 5.32 Å². The summed E-state index contributed by atoms with van der Waals surface area (Å²) in [5.74, 6) is 1.59. The number of anilines is 1. The maximum atomic E-state index is 4.74. The van der Waals surface area contributed by atoms with Crippen LogP contribution in [0.4, 0.5) is 5.82 Å². The van der Waals surface area contributed by atoms with E-state index >= 15 is 0 Å². The number of rotatable bonds is 5. The lowest BCUT2D eigenvalue weighted by atomic mass is 10.2. The molecule has 0 unspecified atom stereocenters. The number of hydrogen-bond acceptors (Lipinski definition) is 6. The van der Waals surface area contributed by atoms with Crippen molar-refractivity contribution in [3.63, 3.8) is 0 Å². The van der Waals surface area contributed by atoms with Crippen molar-refractivity contribution in [1.29, 1.82) is 0 Å². The molecule has 0 bridgehead atoms. The Morgan fingerprint density at radius 2 is 2.09 bits per heavy atom. The maximum absolute atomic E-state index is 4.74. The van der Waals surface area contributed by atoms with Gasteiger partial charge in [0.15, 0.2) is 5.82 Å². The number of pyridine rings is 1. The third kappa shape index (κ3) is 2.68. The van der Waals surface area contributed by atoms with Crippen LogP contribution >= 0.6 is 11.3 Å². The quantitative estimate of drug-likeness (QED) is 0.780. The van der Waals surface area contributed by atoms with Gasteiger partial charge in [0.05, 0.1) is 5.39 Å². The molecule has 3 heterocycles. The summed E-state index contributed by atoms with van der Waals surface area (Å²) in [5.41, 5.74) is 1.08. The third-order valence-corrected chi connectivity index (χ3v) is 5.39. The van der Waals surface area contributed by atoms with Crippen molar-refractivity contribution in [3.05, 3.63) is 35.8 Å². The van der Waals surface area contributed by atoms with Gasteiger partial charge < -0.3 is 10.2 Å². The first kappa shape index (κ1) is 14.5. The molecule has 6 heteroatoms. The molecular weight excluding hydrogens is 306 g/mol. The summed E-state index contributed by atoms with van der Waals surface area (Å²) in [7, 11) is 4.29. The highest BCUT2D eigenvalue weighted by molar-refractivity contribution is 7.16. The van der Waals surface area contributed by atoms with Crippen LogP contribution in [0.1, 0.15) is 12.8 Å². The van der Waals surface area contributed by atoms with Crippen molar-refractivity contribution >= 4 is 27.4 Å². The van der Waals surface area contributed by atoms with E-state index in [2.05, 4.69) is 45.7 Å². The Kier molecular flexibility index (Phi) is 3.50. The van der Waals surface area contributed by atoms with Gasteiger partial charge in [0.1, 0.15) is 16.3 Å². The molecular formula is C17H19N5S. The Bertz CT molecular complexity index is 823. The van der Waals surface area contributed by atoms with Gasteiger partial charge in [0, 0.05) is 18.3 Å². The zero-order valence-electron chi connectivity index (χ0n) is 13.3. The predicted octanol–water partition coefficient (Wildman–Crippen LogP) is 3.26. The van der Waals surface area contributed by atoms with Gasteiger partial charge in [0.2, 0.25) is 0 Å². The number of hydrogen-bond donors (Lipinski definition) is 1. The second kappa shape index (κ2) is 5.54. The molecule has 1 fully saturated rings. The van der Waals surface area contributed by atoms with Crippen LogP contribution in [0.2, 0.25) is 0 Å². The first-order valence-corrected chi connectivity index (χ1v) is 8.64. The van der Waals surface area contributed by atoms with Gasteiger partial charge in [-0.2, -0.15) is 0 Å². The Morgan fingerprint density at radius 1 is 1.22 bits per heavy atom. The fourth-order valence-electron chi connectivity index (χ4n) is 2.77. The normalized spacial score (nSPS) is 16.0. The molecule has 0 atom stereocenters. The summed E-state index contributed by atoms with van der Waals surface area (Å²) in [6, 6.07) is 7.89. The molecule has 1 saturated carbocycles. The number of nitrogens with zero attached hydrogens (tertiary/aromatic N) is 4. The van der Waals surface area contributed by atoms with E-state index in [1.807, 2.05) is 18.2 Å². The van der Waals surface area contributed by atoms with E-state index in [-0.39, 0.29) is 5.54 Å². The molecule has 0 aliphatic heterocycles. The first-order chi connectivity index (χ1) is 11.2. The van der Waals surface area contributed by atoms with Gasteiger partial charge in [-0.25, -0.2) is 9.97 Å². The number of thiophene rings is 1. The fourth-order valence-corrected chi connectivity index (χ4v) is 3.54. The molecule has 23 heavy (non-hydrogen) atoms. The number of fused-ring (bicyclic) bond motifs is 1. The van der Waals surface area contributed by atoms with Crippen molar-refractivity contribution in [3.8, 4) is 11.5 Å². The number of aromatic nitrogens is 3. The van der Waals surface area contributed by atoms with Gasteiger partial charge in [-0.15, -0.1) is 11.3 Å². The van der Waals surface area contributed by atoms with E-state index in [0.717, 1.165) is 28.3 Å². The van der Waals surface area contributed by atoms with Crippen LogP contribution in [-0.4, -0.2) is 46.0 Å². The van der Waals surface area contributed by atoms with Gasteiger partial charge >= 0.3 is 0 Å². The molecule has 0 radical (unpaired) electrons. The van der Waals surface area contributed by atoms with Crippen LogP contribution in [0.15, 0.2) is 35.8 Å². The average Bonchev–Trinajstić information content (AvgIpc) is 3.23. The highest BCUT2D eigenvalue weighted by Crippen LogP contribution is 2.40. The topological polar surface area (TPSA) is 53.9 Å². The monoisotopic (exact) mass is 325 g/mol. The lowest BCUT2D eigenvalue weighted by Crippen LogP contribution is -2.36. The van der Waals surface area contributed by atoms with Crippen molar-refractivity contribution < 1.29 is 0 Å². The minimum absolute atomic E-state index is 0.276. The van der Waals surface area contributed by atoms with E-state index in [9.17, 15) is 0 Å². The fraction of sp³-hybridized carbons (Fsp3) is 0.353. The zero-order chi connectivity index (χ0) is 15.9. The Hall–Kier alpha value is -2.05. The Morgan fingerprint density at radius 3 is 2.78 bits per heavy atom. The first-order valence-electron chi connectivity index (χ1n) is 7.76. The molecule has 5 nitrogen and oxygen atoms in total. The zero-order valence-corrected chi connectivity index (χ0v) is 14.1. The van der Waals surface area contributed by atoms with Crippen molar-refractivity contribution in [2.24, 2.45) is 0 Å². The van der Waals surface area contributed by atoms with Crippen molar-refractivity contribution in [2.45, 2.75) is 18.4 Å². The Balaban J connectivity index is 1.69. The summed E-state index contributed by atoms with van der Waals surface area (Å²) in [6.45, 7) is 0.906. The summed E-state index contributed by atoms with van der Waals surface area (Å²) >= 11 is 1.64. The molecule has 0 saturated heterocycles. The predicted molar refractivity (Wildman–Crippen MR) is 94.8 cm³/mol. The number of likely N-dealkylation sites (N-methyl/N-ethyl adjacent to an activating group) is 1. The van der Waals surface area contributed by atoms with Gasteiger partial charge in [-0.05, 0) is 50.5 Å². The molecule has 0 amide bonds. The van der Waals surface area contributed by atoms with Crippen LogP contribution in [-0.2, 0) is 0 Å². The smallest absolute Gasteiger partial charge is 0.181 e. The van der Waals surface area contributed by atoms with E-state index in [4.69, 9.17) is 4.98 Å². The lowest BCUT2D eigenvalue weighted by Gasteiger charge is -2.24. The summed E-state index contributed by atoms with van der Waals surface area (Å²) in [5, 5.41) is 6.70. The molecule has 4 rings (SSSR count). The van der Waals surface area contributed by atoms with E-state index in [0.29, 0.717) is 5.82 Å². The van der Waals surface area contributed by atoms with Crippen molar-refractivity contribution in [1.82, 2.24) is 19.9 Å². The summed E-state index contributed by atoms with van der Waals surface area (Å²) in [4.78, 5) is 17.1. The molecule has 1 aliphatic rings. The molecule has 1 N–H and O–H groups in total. The van der Waals surface area contributed by atoms with Gasteiger partial charge in [0.25, 0.3) is 0 Å². The Labute approximate surface area is 139 Å². The van der Waals surface area contributed by atoms with Crippen LogP contribution in [0.5, 0.6) is 0 Å². The van der Waals surface area contributed by atoms with Gasteiger partial charge in [-0.3, -0.25) is 4.98 Å². The summed E-state index contributed by atoms with van der Waals surface area (Å²) < 4.78 is 0. The molecule has 3 aromatic rings. The highest BCUT2D eigenvalue weighted by atomic mass is 32.1. The second-order valence-corrected chi connectivity index (χ2v) is 7.12. The average molecular weight is 325 g/mol. The third-order valence-electron chi connectivity index (χ3n) is 4.58.